The molecule has 0 bridgehead atoms. The SMILES string of the molecule is Cc1cnc(C(N)C2CC2)c(Br)c1. The first kappa shape index (κ1) is 9.16. The maximum Gasteiger partial charge on any atom is 0.0715 e. The fourth-order valence-corrected chi connectivity index (χ4v) is 2.20. The van der Waals surface area contributed by atoms with Crippen LogP contribution in [-0.4, -0.2) is 4.98 Å². The van der Waals surface area contributed by atoms with Gasteiger partial charge in [0, 0.05) is 10.7 Å². The molecule has 1 atom stereocenters. The monoisotopic (exact) mass is 240 g/mol. The minimum absolute atomic E-state index is 0.120. The van der Waals surface area contributed by atoms with Crippen LogP contribution in [0.3, 0.4) is 0 Å². The second kappa shape index (κ2) is 3.39. The maximum absolute atomic E-state index is 6.06. The first-order valence-corrected chi connectivity index (χ1v) is 5.35. The smallest absolute Gasteiger partial charge is 0.0715 e. The Labute approximate surface area is 86.7 Å². The van der Waals surface area contributed by atoms with Crippen molar-refractivity contribution in [3.63, 3.8) is 0 Å². The zero-order valence-electron chi connectivity index (χ0n) is 7.63. The molecule has 1 heterocycles. The second-order valence-corrected chi connectivity index (χ2v) is 4.60. The summed E-state index contributed by atoms with van der Waals surface area (Å²) in [6.07, 6.45) is 4.38. The summed E-state index contributed by atoms with van der Waals surface area (Å²) in [6.45, 7) is 2.03. The summed E-state index contributed by atoms with van der Waals surface area (Å²) >= 11 is 3.50. The molecule has 13 heavy (non-hydrogen) atoms. The molecule has 0 amide bonds. The van der Waals surface area contributed by atoms with Gasteiger partial charge in [0.2, 0.25) is 0 Å². The molecular formula is C10H13BrN2. The molecule has 70 valence electrons. The highest BCUT2D eigenvalue weighted by Crippen LogP contribution is 2.40. The first-order chi connectivity index (χ1) is 6.18. The van der Waals surface area contributed by atoms with Gasteiger partial charge in [-0.1, -0.05) is 0 Å². The standard InChI is InChI=1S/C10H13BrN2/c1-6-4-8(11)10(13-5-6)9(12)7-2-3-7/h4-5,7,9H,2-3,12H2,1H3. The topological polar surface area (TPSA) is 38.9 Å². The molecule has 1 aliphatic rings. The number of halogens is 1. The maximum atomic E-state index is 6.06. The molecule has 1 unspecified atom stereocenters. The number of nitrogens with two attached hydrogens (primary N) is 1. The van der Waals surface area contributed by atoms with E-state index in [4.69, 9.17) is 5.73 Å². The molecular weight excluding hydrogens is 228 g/mol. The van der Waals surface area contributed by atoms with Gasteiger partial charge in [0.1, 0.15) is 0 Å². The van der Waals surface area contributed by atoms with Crippen molar-refractivity contribution < 1.29 is 0 Å². The summed E-state index contributed by atoms with van der Waals surface area (Å²) < 4.78 is 1.05. The van der Waals surface area contributed by atoms with Crippen LogP contribution in [0.5, 0.6) is 0 Å². The molecule has 1 aromatic heterocycles. The van der Waals surface area contributed by atoms with Crippen LogP contribution < -0.4 is 5.73 Å². The third kappa shape index (κ3) is 1.92. The van der Waals surface area contributed by atoms with E-state index in [0.29, 0.717) is 5.92 Å². The van der Waals surface area contributed by atoms with Gasteiger partial charge in [-0.25, -0.2) is 0 Å². The van der Waals surface area contributed by atoms with Crippen molar-refractivity contribution >= 4 is 15.9 Å². The highest BCUT2D eigenvalue weighted by molar-refractivity contribution is 9.10. The van der Waals surface area contributed by atoms with E-state index in [1.807, 2.05) is 13.1 Å². The van der Waals surface area contributed by atoms with Crippen LogP contribution in [0.25, 0.3) is 0 Å². The van der Waals surface area contributed by atoms with Crippen LogP contribution in [0, 0.1) is 12.8 Å². The molecule has 0 aliphatic heterocycles. The van der Waals surface area contributed by atoms with Crippen molar-refractivity contribution in [1.29, 1.82) is 0 Å². The van der Waals surface area contributed by atoms with Crippen molar-refractivity contribution in [2.45, 2.75) is 25.8 Å². The summed E-state index contributed by atoms with van der Waals surface area (Å²) in [5, 5.41) is 0. The third-order valence-electron chi connectivity index (χ3n) is 2.45. The van der Waals surface area contributed by atoms with E-state index in [1.54, 1.807) is 0 Å². The van der Waals surface area contributed by atoms with E-state index < -0.39 is 0 Å². The molecule has 3 heteroatoms. The van der Waals surface area contributed by atoms with Crippen LogP contribution in [0.15, 0.2) is 16.7 Å². The normalized spacial score (nSPS) is 18.7. The second-order valence-electron chi connectivity index (χ2n) is 3.74. The van der Waals surface area contributed by atoms with Crippen LogP contribution >= 0.6 is 15.9 Å². The van der Waals surface area contributed by atoms with E-state index in [9.17, 15) is 0 Å². The number of pyridine rings is 1. The zero-order chi connectivity index (χ0) is 9.42. The van der Waals surface area contributed by atoms with Crippen molar-refractivity contribution in [2.75, 3.05) is 0 Å². The Morgan fingerprint density at radius 1 is 1.62 bits per heavy atom. The summed E-state index contributed by atoms with van der Waals surface area (Å²) in [7, 11) is 0. The minimum Gasteiger partial charge on any atom is -0.322 e. The lowest BCUT2D eigenvalue weighted by atomic mass is 10.1. The third-order valence-corrected chi connectivity index (χ3v) is 3.09. The van der Waals surface area contributed by atoms with Gasteiger partial charge in [0.05, 0.1) is 11.7 Å². The largest absolute Gasteiger partial charge is 0.322 e. The lowest BCUT2D eigenvalue weighted by molar-refractivity contribution is 0.611. The highest BCUT2D eigenvalue weighted by Gasteiger charge is 2.31. The van der Waals surface area contributed by atoms with E-state index in [-0.39, 0.29) is 6.04 Å². The van der Waals surface area contributed by atoms with Crippen molar-refractivity contribution in [3.05, 3.63) is 28.0 Å². The van der Waals surface area contributed by atoms with Crippen molar-refractivity contribution in [3.8, 4) is 0 Å². The molecule has 1 fully saturated rings. The van der Waals surface area contributed by atoms with Crippen LogP contribution in [0.1, 0.15) is 30.1 Å². The van der Waals surface area contributed by atoms with Gasteiger partial charge < -0.3 is 5.73 Å². The van der Waals surface area contributed by atoms with Gasteiger partial charge in [-0.05, 0) is 53.2 Å². The lowest BCUT2D eigenvalue weighted by Gasteiger charge is -2.11. The molecule has 0 radical (unpaired) electrons. The molecule has 1 saturated carbocycles. The Bertz CT molecular complexity index is 321. The van der Waals surface area contributed by atoms with Crippen LogP contribution in [-0.2, 0) is 0 Å². The van der Waals surface area contributed by atoms with Gasteiger partial charge >= 0.3 is 0 Å². The molecule has 2 N–H and O–H groups in total. The fourth-order valence-electron chi connectivity index (χ4n) is 1.47. The zero-order valence-corrected chi connectivity index (χ0v) is 9.21. The van der Waals surface area contributed by atoms with Crippen molar-refractivity contribution in [2.24, 2.45) is 11.7 Å². The van der Waals surface area contributed by atoms with Crippen molar-refractivity contribution in [1.82, 2.24) is 4.98 Å². The average molecular weight is 241 g/mol. The van der Waals surface area contributed by atoms with Crippen LogP contribution in [0.2, 0.25) is 0 Å². The molecule has 0 saturated heterocycles. The Morgan fingerprint density at radius 2 is 2.31 bits per heavy atom. The number of aryl methyl sites for hydroxylation is 1. The van der Waals surface area contributed by atoms with Gasteiger partial charge in [-0.3, -0.25) is 4.98 Å². The molecule has 2 rings (SSSR count). The Kier molecular flexibility index (Phi) is 2.39. The molecule has 1 aliphatic carbocycles. The summed E-state index contributed by atoms with van der Waals surface area (Å²) in [5.74, 6) is 0.659. The lowest BCUT2D eigenvalue weighted by Crippen LogP contribution is -2.14. The molecule has 0 aromatic carbocycles. The number of hydrogen-bond donors (Lipinski definition) is 1. The number of rotatable bonds is 2. The quantitative estimate of drug-likeness (QED) is 0.864. The van der Waals surface area contributed by atoms with E-state index in [0.717, 1.165) is 10.2 Å². The van der Waals surface area contributed by atoms with Crippen LogP contribution in [0.4, 0.5) is 0 Å². The van der Waals surface area contributed by atoms with Gasteiger partial charge in [0.15, 0.2) is 0 Å². The van der Waals surface area contributed by atoms with E-state index in [2.05, 4.69) is 27.0 Å². The minimum atomic E-state index is 0.120. The van der Waals surface area contributed by atoms with Gasteiger partial charge in [-0.15, -0.1) is 0 Å². The Balaban J connectivity index is 2.28. The number of aromatic nitrogens is 1. The fraction of sp³-hybridized carbons (Fsp3) is 0.500. The van der Waals surface area contributed by atoms with Gasteiger partial charge in [0.25, 0.3) is 0 Å². The summed E-state index contributed by atoms with van der Waals surface area (Å²) in [4.78, 5) is 4.37. The summed E-state index contributed by atoms with van der Waals surface area (Å²) in [5.41, 5.74) is 8.23. The number of hydrogen-bond acceptors (Lipinski definition) is 2. The number of nitrogens with zero attached hydrogens (tertiary/aromatic N) is 1. The molecule has 0 spiro atoms. The molecule has 1 aromatic rings. The van der Waals surface area contributed by atoms with Gasteiger partial charge in [-0.2, -0.15) is 0 Å². The molecule has 2 nitrogen and oxygen atoms in total. The predicted octanol–water partition coefficient (Wildman–Crippen LogP) is 2.56. The first-order valence-electron chi connectivity index (χ1n) is 4.56. The highest BCUT2D eigenvalue weighted by atomic mass is 79.9. The Hall–Kier alpha value is -0.410. The average Bonchev–Trinajstić information content (AvgIpc) is 2.85. The van der Waals surface area contributed by atoms with E-state index >= 15 is 0 Å². The summed E-state index contributed by atoms with van der Waals surface area (Å²) in [6, 6.07) is 2.19. The Morgan fingerprint density at radius 3 is 2.85 bits per heavy atom. The predicted molar refractivity (Wildman–Crippen MR) is 56.3 cm³/mol. The van der Waals surface area contributed by atoms with E-state index in [1.165, 1.54) is 18.4 Å².